The van der Waals surface area contributed by atoms with Crippen LogP contribution in [-0.2, 0) is 19.5 Å². The van der Waals surface area contributed by atoms with E-state index in [1.807, 2.05) is 19.2 Å². The normalized spacial score (nSPS) is 15.5. The summed E-state index contributed by atoms with van der Waals surface area (Å²) in [5.41, 5.74) is 4.07. The first kappa shape index (κ1) is 19.6. The van der Waals surface area contributed by atoms with E-state index in [9.17, 15) is 4.79 Å². The Kier molecular flexibility index (Phi) is 7.04. The van der Waals surface area contributed by atoms with E-state index in [4.69, 9.17) is 0 Å². The Bertz CT molecular complexity index is 714. The van der Waals surface area contributed by atoms with Gasteiger partial charge in [0.1, 0.15) is 0 Å². The Morgan fingerprint density at radius 2 is 1.85 bits per heavy atom. The molecule has 146 valence electrons. The summed E-state index contributed by atoms with van der Waals surface area (Å²) in [6.07, 6.45) is 7.35. The molecule has 0 unspecified atom stereocenters. The zero-order chi connectivity index (χ0) is 19.1. The number of nitrogens with one attached hydrogen (secondary N) is 1. The summed E-state index contributed by atoms with van der Waals surface area (Å²) in [7, 11) is 1.84. The van der Waals surface area contributed by atoms with Crippen LogP contribution in [0.15, 0.2) is 30.3 Å². The first-order valence-corrected chi connectivity index (χ1v) is 10.3. The van der Waals surface area contributed by atoms with Gasteiger partial charge in [0.2, 0.25) is 0 Å². The summed E-state index contributed by atoms with van der Waals surface area (Å²) in [4.78, 5) is 17.0. The standard InChI is InChI=1S/C22H32N4O/c1-3-8-20-15-21(24-23-20)17-25(2)22(27)19-11-9-18(10-12-19)16-26-13-6-4-5-7-14-26/h9-12,15H,3-8,13-14,16-17H2,1-2H3,(H,23,24). The lowest BCUT2D eigenvalue weighted by atomic mass is 10.1. The van der Waals surface area contributed by atoms with E-state index in [0.717, 1.165) is 36.3 Å². The van der Waals surface area contributed by atoms with Crippen LogP contribution < -0.4 is 0 Å². The Morgan fingerprint density at radius 1 is 1.15 bits per heavy atom. The fourth-order valence-electron chi connectivity index (χ4n) is 3.73. The predicted octanol–water partition coefficient (Wildman–Crippen LogP) is 4.01. The lowest BCUT2D eigenvalue weighted by Crippen LogP contribution is -2.26. The molecule has 2 aromatic rings. The van der Waals surface area contributed by atoms with Crippen LogP contribution in [0.25, 0.3) is 0 Å². The quantitative estimate of drug-likeness (QED) is 0.803. The van der Waals surface area contributed by atoms with Gasteiger partial charge in [-0.05, 0) is 56.1 Å². The third-order valence-electron chi connectivity index (χ3n) is 5.25. The van der Waals surface area contributed by atoms with Crippen molar-refractivity contribution in [3.8, 4) is 0 Å². The highest BCUT2D eigenvalue weighted by Crippen LogP contribution is 2.15. The van der Waals surface area contributed by atoms with Gasteiger partial charge in [0.05, 0.1) is 17.9 Å². The summed E-state index contributed by atoms with van der Waals surface area (Å²) >= 11 is 0. The van der Waals surface area contributed by atoms with Gasteiger partial charge in [-0.1, -0.05) is 38.3 Å². The molecule has 1 aromatic carbocycles. The fourth-order valence-corrected chi connectivity index (χ4v) is 3.73. The second-order valence-electron chi connectivity index (χ2n) is 7.68. The van der Waals surface area contributed by atoms with E-state index < -0.39 is 0 Å². The number of carbonyl (C=O) groups is 1. The van der Waals surface area contributed by atoms with E-state index in [1.54, 1.807) is 4.90 Å². The van der Waals surface area contributed by atoms with E-state index in [2.05, 4.69) is 40.2 Å². The molecule has 0 bridgehead atoms. The molecule has 3 rings (SSSR count). The number of aromatic amines is 1. The highest BCUT2D eigenvalue weighted by Gasteiger charge is 2.14. The van der Waals surface area contributed by atoms with Crippen molar-refractivity contribution < 1.29 is 4.79 Å². The Morgan fingerprint density at radius 3 is 2.52 bits per heavy atom. The Labute approximate surface area is 162 Å². The molecular weight excluding hydrogens is 336 g/mol. The van der Waals surface area contributed by atoms with Crippen LogP contribution in [0.3, 0.4) is 0 Å². The van der Waals surface area contributed by atoms with Crippen LogP contribution in [-0.4, -0.2) is 46.0 Å². The molecule has 1 aliphatic rings. The minimum Gasteiger partial charge on any atom is -0.336 e. The van der Waals surface area contributed by atoms with Crippen molar-refractivity contribution in [2.45, 2.75) is 58.5 Å². The first-order chi connectivity index (χ1) is 13.2. The fraction of sp³-hybridized carbons (Fsp3) is 0.545. The molecule has 0 atom stereocenters. The molecule has 1 fully saturated rings. The summed E-state index contributed by atoms with van der Waals surface area (Å²) in [5.74, 6) is 0.0444. The van der Waals surface area contributed by atoms with Crippen LogP contribution >= 0.6 is 0 Å². The number of benzene rings is 1. The smallest absolute Gasteiger partial charge is 0.253 e. The van der Waals surface area contributed by atoms with E-state index in [-0.39, 0.29) is 5.91 Å². The van der Waals surface area contributed by atoms with Gasteiger partial charge in [-0.15, -0.1) is 0 Å². The third kappa shape index (κ3) is 5.67. The van der Waals surface area contributed by atoms with Crippen molar-refractivity contribution in [3.63, 3.8) is 0 Å². The zero-order valence-electron chi connectivity index (χ0n) is 16.7. The maximum absolute atomic E-state index is 12.7. The average Bonchev–Trinajstić information content (AvgIpc) is 2.95. The summed E-state index contributed by atoms with van der Waals surface area (Å²) in [5, 5.41) is 7.34. The second kappa shape index (κ2) is 9.70. The van der Waals surface area contributed by atoms with Crippen LogP contribution in [0.5, 0.6) is 0 Å². The molecule has 27 heavy (non-hydrogen) atoms. The molecule has 1 amide bonds. The van der Waals surface area contributed by atoms with Crippen molar-refractivity contribution in [2.75, 3.05) is 20.1 Å². The van der Waals surface area contributed by atoms with Gasteiger partial charge in [-0.2, -0.15) is 5.10 Å². The number of hydrogen-bond donors (Lipinski definition) is 1. The average molecular weight is 369 g/mol. The Balaban J connectivity index is 1.55. The highest BCUT2D eigenvalue weighted by molar-refractivity contribution is 5.94. The summed E-state index contributed by atoms with van der Waals surface area (Å²) in [6.45, 7) is 6.05. The van der Waals surface area contributed by atoms with Crippen molar-refractivity contribution in [2.24, 2.45) is 0 Å². The topological polar surface area (TPSA) is 52.2 Å². The number of hydrogen-bond acceptors (Lipinski definition) is 3. The van der Waals surface area contributed by atoms with E-state index in [1.165, 1.54) is 44.3 Å². The maximum Gasteiger partial charge on any atom is 0.253 e. The molecule has 1 aromatic heterocycles. The van der Waals surface area contributed by atoms with Gasteiger partial charge in [0.25, 0.3) is 5.91 Å². The van der Waals surface area contributed by atoms with Gasteiger partial charge in [-0.3, -0.25) is 14.8 Å². The number of likely N-dealkylation sites (tertiary alicyclic amines) is 1. The predicted molar refractivity (Wildman–Crippen MR) is 109 cm³/mol. The number of aromatic nitrogens is 2. The molecule has 1 aliphatic heterocycles. The molecule has 2 heterocycles. The summed E-state index contributed by atoms with van der Waals surface area (Å²) < 4.78 is 0. The number of rotatable bonds is 7. The number of aryl methyl sites for hydroxylation is 1. The second-order valence-corrected chi connectivity index (χ2v) is 7.68. The zero-order valence-corrected chi connectivity index (χ0v) is 16.7. The first-order valence-electron chi connectivity index (χ1n) is 10.3. The van der Waals surface area contributed by atoms with Crippen molar-refractivity contribution in [1.82, 2.24) is 20.0 Å². The van der Waals surface area contributed by atoms with Gasteiger partial charge in [0.15, 0.2) is 0 Å². The van der Waals surface area contributed by atoms with Gasteiger partial charge < -0.3 is 4.90 Å². The van der Waals surface area contributed by atoms with Crippen molar-refractivity contribution in [3.05, 3.63) is 52.8 Å². The van der Waals surface area contributed by atoms with Gasteiger partial charge >= 0.3 is 0 Å². The van der Waals surface area contributed by atoms with Crippen LogP contribution in [0.2, 0.25) is 0 Å². The monoisotopic (exact) mass is 368 g/mol. The summed E-state index contributed by atoms with van der Waals surface area (Å²) in [6, 6.07) is 10.2. The molecular formula is C22H32N4O. The number of H-pyrrole nitrogens is 1. The maximum atomic E-state index is 12.7. The lowest BCUT2D eigenvalue weighted by molar-refractivity contribution is 0.0783. The number of amides is 1. The van der Waals surface area contributed by atoms with Crippen LogP contribution in [0.4, 0.5) is 0 Å². The molecule has 0 radical (unpaired) electrons. The lowest BCUT2D eigenvalue weighted by Gasteiger charge is -2.20. The van der Waals surface area contributed by atoms with Crippen molar-refractivity contribution >= 4 is 5.91 Å². The molecule has 0 spiro atoms. The minimum atomic E-state index is 0.0444. The minimum absolute atomic E-state index is 0.0444. The van der Waals surface area contributed by atoms with E-state index in [0.29, 0.717) is 6.54 Å². The largest absolute Gasteiger partial charge is 0.336 e. The third-order valence-corrected chi connectivity index (χ3v) is 5.25. The molecule has 1 saturated heterocycles. The SMILES string of the molecule is CCCc1cc(CN(C)C(=O)c2ccc(CN3CCCCCC3)cc2)[nH]n1. The molecule has 5 nitrogen and oxygen atoms in total. The molecule has 5 heteroatoms. The van der Waals surface area contributed by atoms with Gasteiger partial charge in [0, 0.05) is 19.2 Å². The molecule has 0 saturated carbocycles. The molecule has 1 N–H and O–H groups in total. The highest BCUT2D eigenvalue weighted by atomic mass is 16.2. The van der Waals surface area contributed by atoms with Crippen LogP contribution in [0.1, 0.15) is 66.3 Å². The Hall–Kier alpha value is -2.14. The van der Waals surface area contributed by atoms with Crippen LogP contribution in [0, 0.1) is 0 Å². The van der Waals surface area contributed by atoms with E-state index >= 15 is 0 Å². The number of carbonyl (C=O) groups excluding carboxylic acids is 1. The van der Waals surface area contributed by atoms with Crippen molar-refractivity contribution in [1.29, 1.82) is 0 Å². The number of nitrogens with zero attached hydrogens (tertiary/aromatic N) is 3. The molecule has 0 aliphatic carbocycles. The van der Waals surface area contributed by atoms with Gasteiger partial charge in [-0.25, -0.2) is 0 Å².